The first-order chi connectivity index (χ1) is 8.41. The zero-order valence-corrected chi connectivity index (χ0v) is 11.7. The largest absolute Gasteiger partial charge is 0.396 e. The van der Waals surface area contributed by atoms with Gasteiger partial charge in [-0.2, -0.15) is 0 Å². The standard InChI is InChI=1S/C12H19N3O2S/c1-8(2)9(3)15-11(16)7-18(17)12-10(13)5-4-6-14-12/h4-6,8-9H,7,13H2,1-3H3,(H,15,16). The van der Waals surface area contributed by atoms with E-state index in [-0.39, 0.29) is 22.7 Å². The summed E-state index contributed by atoms with van der Waals surface area (Å²) in [5.74, 6) is -0.0277. The summed E-state index contributed by atoms with van der Waals surface area (Å²) in [4.78, 5) is 15.6. The average Bonchev–Trinajstić information content (AvgIpc) is 2.28. The number of aromatic nitrogens is 1. The molecule has 0 bridgehead atoms. The molecule has 0 aliphatic carbocycles. The van der Waals surface area contributed by atoms with Gasteiger partial charge in [0.1, 0.15) is 5.75 Å². The predicted octanol–water partition coefficient (Wildman–Crippen LogP) is 0.932. The lowest BCUT2D eigenvalue weighted by molar-refractivity contribution is -0.119. The fraction of sp³-hybridized carbons (Fsp3) is 0.500. The molecule has 0 saturated heterocycles. The van der Waals surface area contributed by atoms with Crippen LogP contribution in [0.4, 0.5) is 5.69 Å². The van der Waals surface area contributed by atoms with E-state index in [0.29, 0.717) is 11.6 Å². The van der Waals surface area contributed by atoms with E-state index in [9.17, 15) is 9.00 Å². The molecule has 1 rings (SSSR count). The molecule has 0 spiro atoms. The topological polar surface area (TPSA) is 85.1 Å². The fourth-order valence-corrected chi connectivity index (χ4v) is 2.21. The number of carbonyl (C=O) groups is 1. The molecule has 1 aromatic rings. The Hall–Kier alpha value is -1.43. The Labute approximate surface area is 110 Å². The number of hydrogen-bond acceptors (Lipinski definition) is 4. The number of pyridine rings is 1. The number of anilines is 1. The van der Waals surface area contributed by atoms with Gasteiger partial charge in [0.05, 0.1) is 16.5 Å². The fourth-order valence-electron chi connectivity index (χ4n) is 1.24. The lowest BCUT2D eigenvalue weighted by Crippen LogP contribution is -2.38. The van der Waals surface area contributed by atoms with Crippen LogP contribution in [-0.2, 0) is 15.6 Å². The minimum Gasteiger partial charge on any atom is -0.396 e. The molecule has 18 heavy (non-hydrogen) atoms. The third kappa shape index (κ3) is 4.10. The highest BCUT2D eigenvalue weighted by Gasteiger charge is 2.16. The Morgan fingerprint density at radius 2 is 2.17 bits per heavy atom. The number of amides is 1. The van der Waals surface area contributed by atoms with Gasteiger partial charge in [-0.05, 0) is 25.0 Å². The molecule has 0 fully saturated rings. The maximum atomic E-state index is 11.9. The molecule has 1 aromatic heterocycles. The van der Waals surface area contributed by atoms with Crippen molar-refractivity contribution in [3.8, 4) is 0 Å². The summed E-state index contributed by atoms with van der Waals surface area (Å²) in [6.07, 6.45) is 1.51. The van der Waals surface area contributed by atoms with Gasteiger partial charge in [-0.15, -0.1) is 0 Å². The van der Waals surface area contributed by atoms with Crippen LogP contribution in [-0.4, -0.2) is 26.9 Å². The van der Waals surface area contributed by atoms with Crippen LogP contribution in [0.25, 0.3) is 0 Å². The third-order valence-electron chi connectivity index (χ3n) is 2.67. The number of nitrogen functional groups attached to an aromatic ring is 1. The van der Waals surface area contributed by atoms with Gasteiger partial charge in [-0.1, -0.05) is 13.8 Å². The number of nitrogens with zero attached hydrogens (tertiary/aromatic N) is 1. The van der Waals surface area contributed by atoms with E-state index in [1.54, 1.807) is 12.1 Å². The van der Waals surface area contributed by atoms with Crippen molar-refractivity contribution in [1.82, 2.24) is 10.3 Å². The molecule has 5 nitrogen and oxygen atoms in total. The zero-order valence-electron chi connectivity index (χ0n) is 10.8. The van der Waals surface area contributed by atoms with Gasteiger partial charge in [0.25, 0.3) is 0 Å². The van der Waals surface area contributed by atoms with Gasteiger partial charge >= 0.3 is 0 Å². The van der Waals surface area contributed by atoms with Crippen molar-refractivity contribution in [1.29, 1.82) is 0 Å². The second-order valence-corrected chi connectivity index (χ2v) is 5.85. The van der Waals surface area contributed by atoms with E-state index in [4.69, 9.17) is 5.73 Å². The van der Waals surface area contributed by atoms with Crippen LogP contribution in [0.3, 0.4) is 0 Å². The molecule has 0 aliphatic heterocycles. The van der Waals surface area contributed by atoms with Crippen molar-refractivity contribution in [2.75, 3.05) is 11.5 Å². The Bertz CT molecular complexity index is 449. The van der Waals surface area contributed by atoms with Gasteiger partial charge in [0, 0.05) is 12.2 Å². The molecule has 100 valence electrons. The van der Waals surface area contributed by atoms with Crippen LogP contribution in [0, 0.1) is 5.92 Å². The molecule has 0 radical (unpaired) electrons. The third-order valence-corrected chi connectivity index (χ3v) is 3.96. The first-order valence-corrected chi connectivity index (χ1v) is 7.12. The molecular formula is C12H19N3O2S. The van der Waals surface area contributed by atoms with Gasteiger partial charge in [-0.25, -0.2) is 4.98 Å². The first-order valence-electron chi connectivity index (χ1n) is 5.80. The van der Waals surface area contributed by atoms with Crippen LogP contribution in [0.2, 0.25) is 0 Å². The van der Waals surface area contributed by atoms with Gasteiger partial charge in [0.15, 0.2) is 5.03 Å². The summed E-state index contributed by atoms with van der Waals surface area (Å²) in [5, 5.41) is 3.07. The smallest absolute Gasteiger partial charge is 0.233 e. The number of hydrogen-bond donors (Lipinski definition) is 2. The van der Waals surface area contributed by atoms with Crippen molar-refractivity contribution in [3.63, 3.8) is 0 Å². The Morgan fingerprint density at radius 1 is 1.50 bits per heavy atom. The summed E-state index contributed by atoms with van der Waals surface area (Å²) in [5.41, 5.74) is 6.01. The summed E-state index contributed by atoms with van der Waals surface area (Å²) in [6.45, 7) is 5.94. The molecule has 6 heteroatoms. The first kappa shape index (κ1) is 14.6. The molecule has 1 amide bonds. The summed E-state index contributed by atoms with van der Waals surface area (Å²) in [7, 11) is -1.50. The molecule has 0 saturated carbocycles. The SMILES string of the molecule is CC(C)C(C)NC(=O)CS(=O)c1ncccc1N. The zero-order chi connectivity index (χ0) is 13.7. The van der Waals surface area contributed by atoms with Crippen LogP contribution in [0.5, 0.6) is 0 Å². The van der Waals surface area contributed by atoms with E-state index in [1.807, 2.05) is 20.8 Å². The van der Waals surface area contributed by atoms with Crippen LogP contribution in [0.1, 0.15) is 20.8 Å². The highest BCUT2D eigenvalue weighted by molar-refractivity contribution is 7.85. The molecule has 2 atom stereocenters. The van der Waals surface area contributed by atoms with Gasteiger partial charge in [0.2, 0.25) is 5.91 Å². The molecule has 2 unspecified atom stereocenters. The van der Waals surface area contributed by atoms with Crippen LogP contribution in [0.15, 0.2) is 23.4 Å². The minimum absolute atomic E-state index is 0.0515. The van der Waals surface area contributed by atoms with Crippen molar-refractivity contribution in [2.45, 2.75) is 31.8 Å². The Kier molecular flexibility index (Phi) is 5.27. The highest BCUT2D eigenvalue weighted by Crippen LogP contribution is 2.12. The number of nitrogens with two attached hydrogens (primary N) is 1. The molecular weight excluding hydrogens is 250 g/mol. The summed E-state index contributed by atoms with van der Waals surface area (Å²) >= 11 is 0. The second kappa shape index (κ2) is 6.49. The van der Waals surface area contributed by atoms with Crippen molar-refractivity contribution in [2.24, 2.45) is 5.92 Å². The van der Waals surface area contributed by atoms with E-state index in [1.165, 1.54) is 6.20 Å². The van der Waals surface area contributed by atoms with Crippen molar-refractivity contribution < 1.29 is 9.00 Å². The minimum atomic E-state index is -1.50. The van der Waals surface area contributed by atoms with Gasteiger partial charge in [-0.3, -0.25) is 9.00 Å². The normalized spacial score (nSPS) is 14.2. The quantitative estimate of drug-likeness (QED) is 0.833. The lowest BCUT2D eigenvalue weighted by Gasteiger charge is -2.17. The number of nitrogens with one attached hydrogen (secondary N) is 1. The molecule has 1 heterocycles. The highest BCUT2D eigenvalue weighted by atomic mass is 32.2. The number of rotatable bonds is 5. The molecule has 3 N–H and O–H groups in total. The van der Waals surface area contributed by atoms with Crippen LogP contribution < -0.4 is 11.1 Å². The second-order valence-electron chi connectivity index (χ2n) is 4.49. The monoisotopic (exact) mass is 269 g/mol. The van der Waals surface area contributed by atoms with E-state index >= 15 is 0 Å². The Balaban J connectivity index is 2.61. The van der Waals surface area contributed by atoms with E-state index in [2.05, 4.69) is 10.3 Å². The summed E-state index contributed by atoms with van der Waals surface area (Å²) < 4.78 is 11.9. The molecule has 0 aliphatic rings. The van der Waals surface area contributed by atoms with E-state index in [0.717, 1.165) is 0 Å². The van der Waals surface area contributed by atoms with E-state index < -0.39 is 10.8 Å². The Morgan fingerprint density at radius 3 is 2.72 bits per heavy atom. The maximum Gasteiger partial charge on any atom is 0.233 e. The summed E-state index contributed by atoms with van der Waals surface area (Å²) in [6, 6.07) is 3.34. The van der Waals surface area contributed by atoms with Gasteiger partial charge < -0.3 is 11.1 Å². The number of carbonyl (C=O) groups excluding carboxylic acids is 1. The average molecular weight is 269 g/mol. The van der Waals surface area contributed by atoms with Crippen molar-refractivity contribution >= 4 is 22.4 Å². The lowest BCUT2D eigenvalue weighted by atomic mass is 10.1. The van der Waals surface area contributed by atoms with Crippen LogP contribution >= 0.6 is 0 Å². The maximum absolute atomic E-state index is 11.9. The molecule has 0 aromatic carbocycles. The predicted molar refractivity (Wildman–Crippen MR) is 72.4 cm³/mol. The van der Waals surface area contributed by atoms with Crippen molar-refractivity contribution in [3.05, 3.63) is 18.3 Å².